The van der Waals surface area contributed by atoms with Gasteiger partial charge < -0.3 is 5.23 Å². The Morgan fingerprint density at radius 3 is 2.67 bits per heavy atom. The van der Waals surface area contributed by atoms with Crippen molar-refractivity contribution in [1.29, 1.82) is 0 Å². The van der Waals surface area contributed by atoms with Gasteiger partial charge in [-0.25, -0.2) is 0 Å². The molecule has 1 aliphatic rings. The van der Waals surface area contributed by atoms with Crippen LogP contribution < -0.4 is 10.7 Å². The van der Waals surface area contributed by atoms with Gasteiger partial charge in [0.2, 0.25) is 0 Å². The van der Waals surface area contributed by atoms with Crippen molar-refractivity contribution in [1.82, 2.24) is 0 Å². The van der Waals surface area contributed by atoms with Gasteiger partial charge in [0.1, 0.15) is 0 Å². The van der Waals surface area contributed by atoms with Crippen molar-refractivity contribution in [3.63, 3.8) is 0 Å². The zero-order chi connectivity index (χ0) is 6.27. The molecule has 2 heteroatoms. The van der Waals surface area contributed by atoms with Gasteiger partial charge in [0, 0.05) is 5.69 Å². The Kier molecular flexibility index (Phi) is 0.837. The van der Waals surface area contributed by atoms with E-state index in [0.29, 0.717) is 6.85 Å². The molecule has 44 valence electrons. The highest BCUT2D eigenvalue weighted by atomic mass is 14.8. The Hall–Kier alpha value is -0.915. The van der Waals surface area contributed by atoms with E-state index < -0.39 is 0 Å². The fraction of sp³-hybridized carbons (Fsp3) is 0.143. The lowest BCUT2D eigenvalue weighted by molar-refractivity contribution is 1.61. The number of para-hydroxylation sites is 1. The van der Waals surface area contributed by atoms with Crippen molar-refractivity contribution in [2.24, 2.45) is 0 Å². The number of anilines is 1. The number of hydrogen-bond donors (Lipinski definition) is 1. The zero-order valence-corrected chi connectivity index (χ0v) is 5.39. The molecule has 2 rings (SSSR count). The predicted octanol–water partition coefficient (Wildman–Crippen LogP) is 0.940. The number of rotatable bonds is 0. The van der Waals surface area contributed by atoms with Crippen LogP contribution in [-0.4, -0.2) is 6.85 Å². The maximum atomic E-state index is 3.29. The van der Waals surface area contributed by atoms with Crippen LogP contribution in [0.25, 0.3) is 0 Å². The lowest BCUT2D eigenvalue weighted by Gasteiger charge is -2.26. The summed E-state index contributed by atoms with van der Waals surface area (Å²) in [5.74, 6) is 0. The van der Waals surface area contributed by atoms with Gasteiger partial charge in [0.25, 0.3) is 6.85 Å². The third-order valence-corrected chi connectivity index (χ3v) is 1.80. The lowest BCUT2D eigenvalue weighted by Crippen LogP contribution is -2.47. The van der Waals surface area contributed by atoms with E-state index in [1.54, 1.807) is 0 Å². The summed E-state index contributed by atoms with van der Waals surface area (Å²) >= 11 is 0. The molecular weight excluding hydrogens is 109 g/mol. The SMILES string of the molecule is CB1Nc2ccccc21. The van der Waals surface area contributed by atoms with Crippen LogP contribution in [-0.2, 0) is 0 Å². The molecule has 0 fully saturated rings. The fourth-order valence-corrected chi connectivity index (χ4v) is 1.24. The molecule has 0 radical (unpaired) electrons. The van der Waals surface area contributed by atoms with Gasteiger partial charge in [0.05, 0.1) is 0 Å². The molecule has 1 heterocycles. The lowest BCUT2D eigenvalue weighted by atomic mass is 9.52. The van der Waals surface area contributed by atoms with Gasteiger partial charge in [0.15, 0.2) is 0 Å². The van der Waals surface area contributed by atoms with E-state index in [9.17, 15) is 0 Å². The summed E-state index contributed by atoms with van der Waals surface area (Å²) in [5, 5.41) is 3.29. The molecule has 0 atom stereocenters. The first-order chi connectivity index (χ1) is 4.38. The number of benzene rings is 1. The second kappa shape index (κ2) is 1.53. The molecule has 1 aromatic rings. The highest BCUT2D eigenvalue weighted by Gasteiger charge is 2.23. The Morgan fingerprint density at radius 1 is 1.33 bits per heavy atom. The zero-order valence-electron chi connectivity index (χ0n) is 5.39. The normalized spacial score (nSPS) is 13.7. The van der Waals surface area contributed by atoms with Gasteiger partial charge in [-0.3, -0.25) is 0 Å². The van der Waals surface area contributed by atoms with Crippen LogP contribution >= 0.6 is 0 Å². The molecule has 9 heavy (non-hydrogen) atoms. The maximum Gasteiger partial charge on any atom is 0.284 e. The molecule has 0 saturated heterocycles. The maximum absolute atomic E-state index is 3.29. The van der Waals surface area contributed by atoms with E-state index in [4.69, 9.17) is 0 Å². The van der Waals surface area contributed by atoms with Gasteiger partial charge in [-0.05, 0) is 11.5 Å². The first-order valence-corrected chi connectivity index (χ1v) is 3.23. The van der Waals surface area contributed by atoms with E-state index in [0.717, 1.165) is 0 Å². The number of nitrogens with one attached hydrogen (secondary N) is 1. The van der Waals surface area contributed by atoms with Crippen LogP contribution in [0.3, 0.4) is 0 Å². The molecule has 0 unspecified atom stereocenters. The molecule has 0 spiro atoms. The summed E-state index contributed by atoms with van der Waals surface area (Å²) in [4.78, 5) is 0. The van der Waals surface area contributed by atoms with Gasteiger partial charge in [-0.1, -0.05) is 25.0 Å². The largest absolute Gasteiger partial charge is 0.424 e. The first-order valence-electron chi connectivity index (χ1n) is 3.23. The third-order valence-electron chi connectivity index (χ3n) is 1.80. The van der Waals surface area contributed by atoms with Crippen molar-refractivity contribution >= 4 is 18.0 Å². The van der Waals surface area contributed by atoms with Crippen LogP contribution in [0.1, 0.15) is 0 Å². The molecular formula is C7H8BN. The second-order valence-electron chi connectivity index (χ2n) is 2.45. The smallest absolute Gasteiger partial charge is 0.284 e. The Bertz CT molecular complexity index is 234. The Balaban J connectivity index is 2.51. The van der Waals surface area contributed by atoms with Gasteiger partial charge in [-0.15, -0.1) is 0 Å². The summed E-state index contributed by atoms with van der Waals surface area (Å²) in [6, 6.07) is 8.40. The quantitative estimate of drug-likeness (QED) is 0.498. The summed E-state index contributed by atoms with van der Waals surface area (Å²) in [6.07, 6.45) is 0. The standard InChI is InChI=1S/C7H8BN/c1-8-6-4-2-3-5-7(6)9-8/h2-5,9H,1H3. The molecule has 1 aliphatic heterocycles. The van der Waals surface area contributed by atoms with Crippen LogP contribution in [0.4, 0.5) is 5.69 Å². The van der Waals surface area contributed by atoms with E-state index in [1.807, 2.05) is 0 Å². The molecule has 0 saturated carbocycles. The predicted molar refractivity (Wildman–Crippen MR) is 41.3 cm³/mol. The Labute approximate surface area is 55.2 Å². The van der Waals surface area contributed by atoms with E-state index >= 15 is 0 Å². The van der Waals surface area contributed by atoms with E-state index in [1.165, 1.54) is 11.2 Å². The van der Waals surface area contributed by atoms with Crippen LogP contribution in [0.5, 0.6) is 0 Å². The Morgan fingerprint density at radius 2 is 2.11 bits per heavy atom. The topological polar surface area (TPSA) is 12.0 Å². The van der Waals surface area contributed by atoms with E-state index in [-0.39, 0.29) is 0 Å². The van der Waals surface area contributed by atoms with Crippen molar-refractivity contribution in [3.05, 3.63) is 24.3 Å². The summed E-state index contributed by atoms with van der Waals surface area (Å²) < 4.78 is 0. The highest BCUT2D eigenvalue weighted by Crippen LogP contribution is 2.13. The molecule has 0 aliphatic carbocycles. The van der Waals surface area contributed by atoms with Crippen LogP contribution in [0.2, 0.25) is 6.82 Å². The molecule has 0 aromatic heterocycles. The summed E-state index contributed by atoms with van der Waals surface area (Å²) in [7, 11) is 0. The van der Waals surface area contributed by atoms with E-state index in [2.05, 4.69) is 36.3 Å². The fourth-order valence-electron chi connectivity index (χ4n) is 1.24. The molecule has 1 nitrogen and oxygen atoms in total. The van der Waals surface area contributed by atoms with Crippen LogP contribution in [0, 0.1) is 0 Å². The van der Waals surface area contributed by atoms with Crippen molar-refractivity contribution < 1.29 is 0 Å². The first kappa shape index (κ1) is 4.92. The number of hydrogen-bond acceptors (Lipinski definition) is 1. The minimum atomic E-state index is 0.571. The minimum absolute atomic E-state index is 0.571. The summed E-state index contributed by atoms with van der Waals surface area (Å²) in [5.41, 5.74) is 2.74. The highest BCUT2D eigenvalue weighted by molar-refractivity contribution is 6.82. The van der Waals surface area contributed by atoms with Gasteiger partial charge in [-0.2, -0.15) is 0 Å². The van der Waals surface area contributed by atoms with Gasteiger partial charge >= 0.3 is 0 Å². The average molecular weight is 117 g/mol. The van der Waals surface area contributed by atoms with Crippen molar-refractivity contribution in [2.45, 2.75) is 6.82 Å². The molecule has 0 bridgehead atoms. The molecule has 0 amide bonds. The van der Waals surface area contributed by atoms with Crippen LogP contribution in [0.15, 0.2) is 24.3 Å². The number of fused-ring (bicyclic) bond motifs is 1. The minimum Gasteiger partial charge on any atom is -0.424 e. The van der Waals surface area contributed by atoms with Crippen molar-refractivity contribution in [2.75, 3.05) is 5.23 Å². The molecule has 1 N–H and O–H groups in total. The monoisotopic (exact) mass is 117 g/mol. The summed E-state index contributed by atoms with van der Waals surface area (Å²) in [6.45, 7) is 2.74. The van der Waals surface area contributed by atoms with Crippen molar-refractivity contribution in [3.8, 4) is 0 Å². The molecule has 1 aromatic carbocycles. The third kappa shape index (κ3) is 0.560. The second-order valence-corrected chi connectivity index (χ2v) is 2.45. The average Bonchev–Trinajstić information content (AvgIpc) is 1.86.